The van der Waals surface area contributed by atoms with E-state index in [2.05, 4.69) is 33.4 Å². The maximum Gasteiger partial charge on any atom is 0.433 e. The van der Waals surface area contributed by atoms with Gasteiger partial charge in [0.15, 0.2) is 11.5 Å². The van der Waals surface area contributed by atoms with Crippen LogP contribution in [0.5, 0.6) is 0 Å². The third kappa shape index (κ3) is 3.63. The van der Waals surface area contributed by atoms with Crippen LogP contribution < -0.4 is 10.6 Å². The first-order chi connectivity index (χ1) is 17.5. The van der Waals surface area contributed by atoms with E-state index in [1.807, 2.05) is 6.07 Å². The number of alkyl halides is 3. The molecule has 3 fully saturated rings. The lowest BCUT2D eigenvalue weighted by Crippen LogP contribution is -2.71. The number of nitrogens with zero attached hydrogens (tertiary/aromatic N) is 7. The molecule has 0 radical (unpaired) electrons. The number of hydrogen-bond donors (Lipinski definition) is 0. The predicted molar refractivity (Wildman–Crippen MR) is 126 cm³/mol. The Bertz CT molecular complexity index is 1470. The minimum atomic E-state index is -4.62. The Morgan fingerprint density at radius 2 is 1.81 bits per heavy atom. The van der Waals surface area contributed by atoms with E-state index >= 15 is 0 Å². The molecule has 3 saturated heterocycles. The molecule has 37 heavy (non-hydrogen) atoms. The molecule has 6 heterocycles. The molecule has 0 N–H and O–H groups in total. The summed E-state index contributed by atoms with van der Waals surface area (Å²) in [6.45, 7) is 6.79. The number of aromatic nitrogens is 4. The van der Waals surface area contributed by atoms with E-state index in [0.717, 1.165) is 44.1 Å². The van der Waals surface area contributed by atoms with Gasteiger partial charge in [0.25, 0.3) is 5.91 Å². The lowest BCUT2D eigenvalue weighted by atomic mass is 9.73. The van der Waals surface area contributed by atoms with E-state index in [1.54, 1.807) is 6.20 Å². The van der Waals surface area contributed by atoms with Crippen LogP contribution in [0.15, 0.2) is 47.8 Å². The van der Waals surface area contributed by atoms with Crippen LogP contribution in [0, 0.1) is 5.41 Å². The average Bonchev–Trinajstić information content (AvgIpc) is 3.05. The van der Waals surface area contributed by atoms with Gasteiger partial charge in [0.2, 0.25) is 0 Å². The molecule has 9 nitrogen and oxygen atoms in total. The highest BCUT2D eigenvalue weighted by Gasteiger charge is 2.51. The van der Waals surface area contributed by atoms with Gasteiger partial charge in [0.05, 0.1) is 23.6 Å². The average molecular weight is 517 g/mol. The second-order valence-electron chi connectivity index (χ2n) is 10.2. The summed E-state index contributed by atoms with van der Waals surface area (Å²) in [5.74, 6) is -1.92. The third-order valence-corrected chi connectivity index (χ3v) is 7.38. The normalized spacial score (nSPS) is 19.6. The van der Waals surface area contributed by atoms with Gasteiger partial charge in [-0.3, -0.25) is 9.36 Å². The second kappa shape index (κ2) is 7.88. The van der Waals surface area contributed by atoms with Crippen molar-refractivity contribution in [1.82, 2.24) is 28.9 Å². The standard InChI is InChI=1S/C24H23F4N7O2/c1-14(25)21(36)32-8-16(9-32)34-19-17(33-12-23(13-33)10-31(2)11-23)5-6-29-20(19)35(22(34)37)15-3-4-18(30-7-15)24(26,27)28/h3-7,16H,1,8-13H2,2H3. The summed E-state index contributed by atoms with van der Waals surface area (Å²) in [7, 11) is 2.06. The van der Waals surface area contributed by atoms with Crippen molar-refractivity contribution in [3.63, 3.8) is 0 Å². The van der Waals surface area contributed by atoms with Crippen LogP contribution in [0.4, 0.5) is 23.2 Å². The Labute approximate surface area is 208 Å². The van der Waals surface area contributed by atoms with Gasteiger partial charge in [-0.1, -0.05) is 6.58 Å². The van der Waals surface area contributed by atoms with Crippen LogP contribution in [0.2, 0.25) is 0 Å². The van der Waals surface area contributed by atoms with Gasteiger partial charge in [0, 0.05) is 50.9 Å². The lowest BCUT2D eigenvalue weighted by Gasteiger charge is -2.60. The minimum absolute atomic E-state index is 0.0924. The van der Waals surface area contributed by atoms with Crippen LogP contribution in [-0.2, 0) is 11.0 Å². The summed E-state index contributed by atoms with van der Waals surface area (Å²) in [5.41, 5.74) is 0.318. The molecule has 3 aromatic rings. The summed E-state index contributed by atoms with van der Waals surface area (Å²) < 4.78 is 55.3. The maximum atomic E-state index is 13.7. The Hall–Kier alpha value is -3.74. The number of amides is 1. The SMILES string of the molecule is C=C(F)C(=O)N1CC(n2c(=O)n(-c3ccc(C(F)(F)F)nc3)c3nccc(N4CC5(CN(C)C5)C4)c32)C1. The van der Waals surface area contributed by atoms with Crippen molar-refractivity contribution < 1.29 is 22.4 Å². The van der Waals surface area contributed by atoms with Crippen molar-refractivity contribution in [3.05, 3.63) is 59.2 Å². The van der Waals surface area contributed by atoms with Crippen molar-refractivity contribution in [1.29, 1.82) is 0 Å². The van der Waals surface area contributed by atoms with Gasteiger partial charge in [-0.15, -0.1) is 0 Å². The fourth-order valence-electron chi connectivity index (χ4n) is 5.82. The first kappa shape index (κ1) is 23.6. The highest BCUT2D eigenvalue weighted by molar-refractivity contribution is 5.92. The number of carbonyl (C=O) groups excluding carboxylic acids is 1. The van der Waals surface area contributed by atoms with E-state index in [-0.39, 0.29) is 29.8 Å². The molecule has 3 aromatic heterocycles. The Morgan fingerprint density at radius 1 is 1.11 bits per heavy atom. The van der Waals surface area contributed by atoms with Gasteiger partial charge in [-0.25, -0.2) is 23.7 Å². The number of hydrogen-bond acceptors (Lipinski definition) is 6. The van der Waals surface area contributed by atoms with Crippen molar-refractivity contribution in [2.24, 2.45) is 5.41 Å². The van der Waals surface area contributed by atoms with Gasteiger partial charge in [0.1, 0.15) is 11.2 Å². The number of fused-ring (bicyclic) bond motifs is 1. The van der Waals surface area contributed by atoms with Gasteiger partial charge in [-0.05, 0) is 25.2 Å². The van der Waals surface area contributed by atoms with Crippen molar-refractivity contribution in [3.8, 4) is 5.69 Å². The highest BCUT2D eigenvalue weighted by atomic mass is 19.4. The molecule has 194 valence electrons. The van der Waals surface area contributed by atoms with Crippen molar-refractivity contribution >= 4 is 22.8 Å². The maximum absolute atomic E-state index is 13.7. The summed E-state index contributed by atoms with van der Waals surface area (Å²) in [4.78, 5) is 39.3. The summed E-state index contributed by atoms with van der Waals surface area (Å²) in [6, 6.07) is 3.35. The molecular weight excluding hydrogens is 494 g/mol. The van der Waals surface area contributed by atoms with Gasteiger partial charge < -0.3 is 14.7 Å². The molecule has 0 unspecified atom stereocenters. The molecule has 0 aliphatic carbocycles. The molecule has 0 saturated carbocycles. The molecule has 13 heteroatoms. The van der Waals surface area contributed by atoms with E-state index in [0.29, 0.717) is 5.52 Å². The third-order valence-electron chi connectivity index (χ3n) is 7.38. The van der Waals surface area contributed by atoms with E-state index in [9.17, 15) is 27.2 Å². The zero-order valence-corrected chi connectivity index (χ0v) is 19.9. The predicted octanol–water partition coefficient (Wildman–Crippen LogP) is 2.22. The molecule has 6 rings (SSSR count). The topological polar surface area (TPSA) is 79.5 Å². The zero-order chi connectivity index (χ0) is 26.3. The van der Waals surface area contributed by atoms with E-state index < -0.39 is 35.3 Å². The largest absolute Gasteiger partial charge is 0.433 e. The van der Waals surface area contributed by atoms with Crippen LogP contribution in [0.3, 0.4) is 0 Å². The minimum Gasteiger partial charge on any atom is -0.368 e. The Balaban J connectivity index is 1.44. The molecule has 0 atom stereocenters. The fraction of sp³-hybridized carbons (Fsp3) is 0.417. The summed E-state index contributed by atoms with van der Waals surface area (Å²) in [6.07, 6.45) is -2.06. The molecular formula is C24H23F4N7O2. The molecule has 1 spiro atoms. The number of anilines is 1. The van der Waals surface area contributed by atoms with Crippen LogP contribution >= 0.6 is 0 Å². The quantitative estimate of drug-likeness (QED) is 0.390. The zero-order valence-electron chi connectivity index (χ0n) is 19.9. The smallest absolute Gasteiger partial charge is 0.368 e. The number of pyridine rings is 2. The highest BCUT2D eigenvalue weighted by Crippen LogP contribution is 2.43. The lowest BCUT2D eigenvalue weighted by molar-refractivity contribution is -0.141. The Kier molecular flexibility index (Phi) is 5.03. The van der Waals surface area contributed by atoms with E-state index in [4.69, 9.17) is 0 Å². The summed E-state index contributed by atoms with van der Waals surface area (Å²) >= 11 is 0. The van der Waals surface area contributed by atoms with Gasteiger partial charge in [-0.2, -0.15) is 13.2 Å². The fourth-order valence-corrected chi connectivity index (χ4v) is 5.82. The second-order valence-corrected chi connectivity index (χ2v) is 10.2. The van der Waals surface area contributed by atoms with Crippen LogP contribution in [0.1, 0.15) is 11.7 Å². The first-order valence-electron chi connectivity index (χ1n) is 11.7. The van der Waals surface area contributed by atoms with E-state index in [1.165, 1.54) is 20.1 Å². The van der Waals surface area contributed by atoms with Gasteiger partial charge >= 0.3 is 11.9 Å². The number of rotatable bonds is 4. The first-order valence-corrected chi connectivity index (χ1v) is 11.7. The monoisotopic (exact) mass is 517 g/mol. The molecule has 3 aliphatic heterocycles. The number of halogens is 4. The molecule has 0 bridgehead atoms. The van der Waals surface area contributed by atoms with Crippen LogP contribution in [-0.4, -0.2) is 81.1 Å². The molecule has 3 aliphatic rings. The van der Waals surface area contributed by atoms with Crippen molar-refractivity contribution in [2.45, 2.75) is 12.2 Å². The number of imidazole rings is 1. The molecule has 0 aromatic carbocycles. The number of likely N-dealkylation sites (tertiary alicyclic amines) is 2. The Morgan fingerprint density at radius 3 is 2.38 bits per heavy atom. The van der Waals surface area contributed by atoms with Crippen molar-refractivity contribution in [2.75, 3.05) is 51.2 Å². The van der Waals surface area contributed by atoms with Crippen LogP contribution in [0.25, 0.3) is 16.9 Å². The number of carbonyl (C=O) groups is 1. The summed E-state index contributed by atoms with van der Waals surface area (Å²) in [5, 5.41) is 0. The molecule has 1 amide bonds.